The largest absolute Gasteiger partial charge is 0.481 e. The van der Waals surface area contributed by atoms with E-state index in [1.807, 2.05) is 19.9 Å². The van der Waals surface area contributed by atoms with Gasteiger partial charge in [0.15, 0.2) is 0 Å². The first-order valence-corrected chi connectivity index (χ1v) is 11.0. The van der Waals surface area contributed by atoms with Crippen molar-refractivity contribution in [3.8, 4) is 22.4 Å². The van der Waals surface area contributed by atoms with Crippen LogP contribution in [0.1, 0.15) is 44.7 Å². The van der Waals surface area contributed by atoms with Gasteiger partial charge >= 0.3 is 5.97 Å². The van der Waals surface area contributed by atoms with E-state index in [2.05, 4.69) is 4.57 Å². The highest BCUT2D eigenvalue weighted by Crippen LogP contribution is 2.38. The molecule has 0 saturated heterocycles. The zero-order chi connectivity index (χ0) is 24.1. The summed E-state index contributed by atoms with van der Waals surface area (Å²) in [6, 6.07) is 14.3. The van der Waals surface area contributed by atoms with Crippen molar-refractivity contribution in [3.63, 3.8) is 0 Å². The Morgan fingerprint density at radius 2 is 1.45 bits per heavy atom. The van der Waals surface area contributed by atoms with Gasteiger partial charge in [0.1, 0.15) is 11.6 Å². The molecular weight excluding hydrogens is 428 g/mol. The lowest BCUT2D eigenvalue weighted by Gasteiger charge is -2.20. The van der Waals surface area contributed by atoms with Crippen LogP contribution in [0.2, 0.25) is 0 Å². The van der Waals surface area contributed by atoms with Crippen LogP contribution in [0.3, 0.4) is 0 Å². The number of halogens is 2. The molecule has 0 fully saturated rings. The van der Waals surface area contributed by atoms with Gasteiger partial charge in [-0.05, 0) is 72.4 Å². The summed E-state index contributed by atoms with van der Waals surface area (Å²) in [4.78, 5) is 10.8. The standard InChI is InChI=1S/C26H29F2NO4/c1-16(2)24-15-23(17-3-7-19(27)8-4-17)26(18-5-9-20(28)10-6-18)29(24)12-11-21(30)13-22(31)14-25(32)33/h3-10,15-16,21-22,30-31H,11-14H2,1-2H3,(H,32,33)/t21-,22-/m1/s1. The predicted molar refractivity (Wildman–Crippen MR) is 123 cm³/mol. The number of aliphatic hydroxyl groups excluding tert-OH is 2. The van der Waals surface area contributed by atoms with Crippen LogP contribution in [0.4, 0.5) is 8.78 Å². The minimum atomic E-state index is -1.13. The van der Waals surface area contributed by atoms with Gasteiger partial charge in [-0.1, -0.05) is 26.0 Å². The van der Waals surface area contributed by atoms with Gasteiger partial charge in [0.05, 0.1) is 24.3 Å². The molecule has 0 spiro atoms. The Hall–Kier alpha value is -3.03. The third-order valence-electron chi connectivity index (χ3n) is 5.63. The molecule has 2 atom stereocenters. The molecule has 7 heteroatoms. The van der Waals surface area contributed by atoms with Crippen molar-refractivity contribution in [2.24, 2.45) is 0 Å². The molecule has 1 heterocycles. The zero-order valence-electron chi connectivity index (χ0n) is 18.7. The van der Waals surface area contributed by atoms with Crippen molar-refractivity contribution in [1.29, 1.82) is 0 Å². The molecule has 0 aliphatic rings. The number of rotatable bonds is 10. The van der Waals surface area contributed by atoms with Gasteiger partial charge in [-0.25, -0.2) is 8.78 Å². The quantitative estimate of drug-likeness (QED) is 0.391. The van der Waals surface area contributed by atoms with Gasteiger partial charge in [0.25, 0.3) is 0 Å². The molecule has 5 nitrogen and oxygen atoms in total. The van der Waals surface area contributed by atoms with E-state index in [1.165, 1.54) is 24.3 Å². The maximum atomic E-state index is 13.6. The second kappa shape index (κ2) is 10.7. The topological polar surface area (TPSA) is 82.7 Å². The number of aliphatic carboxylic acids is 1. The van der Waals surface area contributed by atoms with E-state index >= 15 is 0 Å². The van der Waals surface area contributed by atoms with Crippen LogP contribution in [0.15, 0.2) is 54.6 Å². The molecule has 33 heavy (non-hydrogen) atoms. The van der Waals surface area contributed by atoms with Crippen LogP contribution >= 0.6 is 0 Å². The third-order valence-corrected chi connectivity index (χ3v) is 5.63. The lowest BCUT2D eigenvalue weighted by molar-refractivity contribution is -0.139. The second-order valence-corrected chi connectivity index (χ2v) is 8.58. The van der Waals surface area contributed by atoms with Crippen molar-refractivity contribution < 1.29 is 28.9 Å². The summed E-state index contributed by atoms with van der Waals surface area (Å²) in [5, 5.41) is 29.1. The van der Waals surface area contributed by atoms with Gasteiger partial charge in [-0.15, -0.1) is 0 Å². The molecule has 3 rings (SSSR count). The van der Waals surface area contributed by atoms with Crippen molar-refractivity contribution in [2.45, 2.75) is 57.8 Å². The van der Waals surface area contributed by atoms with Gasteiger partial charge in [0.2, 0.25) is 0 Å². The average molecular weight is 458 g/mol. The first kappa shape index (κ1) is 24.6. The maximum Gasteiger partial charge on any atom is 0.305 e. The molecule has 0 aliphatic heterocycles. The summed E-state index contributed by atoms with van der Waals surface area (Å²) in [6.07, 6.45) is -2.19. The summed E-state index contributed by atoms with van der Waals surface area (Å²) in [5.74, 6) is -1.68. The number of hydrogen-bond acceptors (Lipinski definition) is 3. The first-order chi connectivity index (χ1) is 15.7. The smallest absolute Gasteiger partial charge is 0.305 e. The highest BCUT2D eigenvalue weighted by atomic mass is 19.1. The zero-order valence-corrected chi connectivity index (χ0v) is 18.7. The van der Waals surface area contributed by atoms with E-state index in [1.54, 1.807) is 24.3 Å². The van der Waals surface area contributed by atoms with E-state index < -0.39 is 24.6 Å². The van der Waals surface area contributed by atoms with Crippen LogP contribution in [-0.2, 0) is 11.3 Å². The number of carboxylic acid groups (broad SMARTS) is 1. The molecule has 0 amide bonds. The van der Waals surface area contributed by atoms with Crippen LogP contribution in [0, 0.1) is 11.6 Å². The number of hydrogen-bond donors (Lipinski definition) is 3. The van der Waals surface area contributed by atoms with Crippen molar-refractivity contribution in [3.05, 3.63) is 71.9 Å². The number of benzene rings is 2. The van der Waals surface area contributed by atoms with E-state index in [-0.39, 0.29) is 24.0 Å². The Labute approximate surface area is 191 Å². The van der Waals surface area contributed by atoms with Crippen molar-refractivity contribution in [2.75, 3.05) is 0 Å². The number of carboxylic acids is 1. The summed E-state index contributed by atoms with van der Waals surface area (Å²) in [7, 11) is 0. The fraction of sp³-hybridized carbons (Fsp3) is 0.346. The van der Waals surface area contributed by atoms with E-state index in [9.17, 15) is 23.8 Å². The normalized spacial score (nSPS) is 13.3. The van der Waals surface area contributed by atoms with E-state index in [4.69, 9.17) is 5.11 Å². The summed E-state index contributed by atoms with van der Waals surface area (Å²) in [6.45, 7) is 4.49. The number of nitrogens with zero attached hydrogens (tertiary/aromatic N) is 1. The molecule has 0 aliphatic carbocycles. The van der Waals surface area contributed by atoms with Gasteiger partial charge in [-0.3, -0.25) is 4.79 Å². The SMILES string of the molecule is CC(C)c1cc(-c2ccc(F)cc2)c(-c2ccc(F)cc2)n1CC[C@@H](O)C[C@@H](O)CC(=O)O. The molecule has 0 bridgehead atoms. The molecule has 0 unspecified atom stereocenters. The van der Waals surface area contributed by atoms with Gasteiger partial charge in [-0.2, -0.15) is 0 Å². The average Bonchev–Trinajstić information content (AvgIpc) is 3.12. The Morgan fingerprint density at radius 1 is 0.909 bits per heavy atom. The fourth-order valence-electron chi connectivity index (χ4n) is 4.05. The van der Waals surface area contributed by atoms with Gasteiger partial charge < -0.3 is 19.9 Å². The molecule has 1 aromatic heterocycles. The van der Waals surface area contributed by atoms with Crippen molar-refractivity contribution in [1.82, 2.24) is 4.57 Å². The van der Waals surface area contributed by atoms with Gasteiger partial charge in [0, 0.05) is 17.8 Å². The number of aliphatic hydroxyl groups is 2. The highest BCUT2D eigenvalue weighted by molar-refractivity contribution is 5.82. The third kappa shape index (κ3) is 6.27. The highest BCUT2D eigenvalue weighted by Gasteiger charge is 2.22. The molecule has 0 saturated carbocycles. The predicted octanol–water partition coefficient (Wildman–Crippen LogP) is 5.20. The lowest BCUT2D eigenvalue weighted by atomic mass is 10.0. The Kier molecular flexibility index (Phi) is 8.00. The van der Waals surface area contributed by atoms with Crippen molar-refractivity contribution >= 4 is 5.97 Å². The summed E-state index contributed by atoms with van der Waals surface area (Å²) < 4.78 is 29.2. The molecule has 0 radical (unpaired) electrons. The first-order valence-electron chi connectivity index (χ1n) is 11.0. The molecular formula is C26H29F2NO4. The number of aromatic nitrogens is 1. The number of carbonyl (C=O) groups is 1. The molecule has 3 N–H and O–H groups in total. The van der Waals surface area contributed by atoms with Crippen LogP contribution in [0.5, 0.6) is 0 Å². The molecule has 176 valence electrons. The maximum absolute atomic E-state index is 13.6. The van der Waals surface area contributed by atoms with Crippen LogP contribution in [0.25, 0.3) is 22.4 Å². The summed E-state index contributed by atoms with van der Waals surface area (Å²) in [5.41, 5.74) is 4.28. The molecule has 2 aromatic carbocycles. The Bertz CT molecular complexity index is 1070. The van der Waals surface area contributed by atoms with E-state index in [0.29, 0.717) is 13.0 Å². The molecule has 3 aromatic rings. The summed E-state index contributed by atoms with van der Waals surface area (Å²) >= 11 is 0. The lowest BCUT2D eigenvalue weighted by Crippen LogP contribution is -2.22. The van der Waals surface area contributed by atoms with Crippen LogP contribution < -0.4 is 0 Å². The Balaban J connectivity index is 2.01. The minimum Gasteiger partial charge on any atom is -0.481 e. The fourth-order valence-corrected chi connectivity index (χ4v) is 4.05. The minimum absolute atomic E-state index is 0.0404. The van der Waals surface area contributed by atoms with E-state index in [0.717, 1.165) is 28.1 Å². The second-order valence-electron chi connectivity index (χ2n) is 8.58. The van der Waals surface area contributed by atoms with Crippen LogP contribution in [-0.4, -0.2) is 38.1 Å². The Morgan fingerprint density at radius 3 is 1.97 bits per heavy atom. The monoisotopic (exact) mass is 457 g/mol.